The molecule has 1 aromatic carbocycles. The monoisotopic (exact) mass is 325 g/mol. The molecular weight excluding hydrogens is 321 g/mol. The SMILES string of the molecule is Nc1cc(C(=O)CBr)cc(Br)c1Cl. The number of halogens is 3. The van der Waals surface area contributed by atoms with E-state index >= 15 is 0 Å². The van der Waals surface area contributed by atoms with Crippen LogP contribution in [0.25, 0.3) is 0 Å². The molecule has 0 spiro atoms. The number of hydrogen-bond acceptors (Lipinski definition) is 2. The van der Waals surface area contributed by atoms with Crippen molar-refractivity contribution in [3.63, 3.8) is 0 Å². The lowest BCUT2D eigenvalue weighted by molar-refractivity contribution is 0.102. The summed E-state index contributed by atoms with van der Waals surface area (Å²) in [5.41, 5.74) is 6.53. The molecule has 2 nitrogen and oxygen atoms in total. The summed E-state index contributed by atoms with van der Waals surface area (Å²) >= 11 is 12.1. The minimum absolute atomic E-state index is 0.0240. The number of rotatable bonds is 2. The van der Waals surface area contributed by atoms with Gasteiger partial charge in [0.1, 0.15) is 0 Å². The Labute approximate surface area is 97.7 Å². The molecule has 0 fully saturated rings. The lowest BCUT2D eigenvalue weighted by Crippen LogP contribution is -2.01. The Morgan fingerprint density at radius 3 is 2.62 bits per heavy atom. The molecule has 13 heavy (non-hydrogen) atoms. The van der Waals surface area contributed by atoms with Gasteiger partial charge in [-0.15, -0.1) is 0 Å². The number of nitrogens with two attached hydrogens (primary N) is 1. The highest BCUT2D eigenvalue weighted by Crippen LogP contribution is 2.29. The zero-order chi connectivity index (χ0) is 10.0. The van der Waals surface area contributed by atoms with Crippen molar-refractivity contribution in [2.45, 2.75) is 0 Å². The van der Waals surface area contributed by atoms with Crippen LogP contribution in [0.3, 0.4) is 0 Å². The molecule has 0 unspecified atom stereocenters. The average molecular weight is 327 g/mol. The van der Waals surface area contributed by atoms with E-state index in [0.29, 0.717) is 20.7 Å². The van der Waals surface area contributed by atoms with E-state index in [1.807, 2.05) is 0 Å². The number of alkyl halides is 1. The Morgan fingerprint density at radius 1 is 1.54 bits per heavy atom. The maximum atomic E-state index is 11.3. The van der Waals surface area contributed by atoms with E-state index in [1.54, 1.807) is 12.1 Å². The van der Waals surface area contributed by atoms with Crippen LogP contribution in [0, 0.1) is 0 Å². The van der Waals surface area contributed by atoms with Gasteiger partial charge in [0.2, 0.25) is 0 Å². The third-order valence-electron chi connectivity index (χ3n) is 1.50. The number of hydrogen-bond donors (Lipinski definition) is 1. The summed E-state index contributed by atoms with van der Waals surface area (Å²) in [7, 11) is 0. The summed E-state index contributed by atoms with van der Waals surface area (Å²) < 4.78 is 0.637. The normalized spacial score (nSPS) is 10.1. The van der Waals surface area contributed by atoms with Crippen LogP contribution in [0.4, 0.5) is 5.69 Å². The third kappa shape index (κ3) is 2.45. The number of carbonyl (C=O) groups excluding carboxylic acids is 1. The van der Waals surface area contributed by atoms with Crippen molar-refractivity contribution < 1.29 is 4.79 Å². The number of ketones is 1. The van der Waals surface area contributed by atoms with Gasteiger partial charge < -0.3 is 5.73 Å². The summed E-state index contributed by atoms with van der Waals surface area (Å²) in [6, 6.07) is 3.22. The molecule has 0 aliphatic rings. The fourth-order valence-corrected chi connectivity index (χ4v) is 1.76. The van der Waals surface area contributed by atoms with Crippen LogP contribution in [-0.2, 0) is 0 Å². The maximum absolute atomic E-state index is 11.3. The van der Waals surface area contributed by atoms with E-state index in [9.17, 15) is 4.79 Å². The van der Waals surface area contributed by atoms with Gasteiger partial charge in [-0.3, -0.25) is 4.79 Å². The Morgan fingerprint density at radius 2 is 2.15 bits per heavy atom. The van der Waals surface area contributed by atoms with Gasteiger partial charge in [-0.2, -0.15) is 0 Å². The number of Topliss-reactive ketones (excluding diaryl/α,β-unsaturated/α-hetero) is 1. The second-order valence-corrected chi connectivity index (χ2v) is 4.21. The minimum atomic E-state index is -0.0240. The van der Waals surface area contributed by atoms with Crippen LogP contribution >= 0.6 is 43.5 Å². The van der Waals surface area contributed by atoms with E-state index in [0.717, 1.165) is 0 Å². The summed E-state index contributed by atoms with van der Waals surface area (Å²) in [6.45, 7) is 0. The lowest BCUT2D eigenvalue weighted by atomic mass is 10.1. The second-order valence-electron chi connectivity index (χ2n) is 2.42. The number of nitrogen functional groups attached to an aromatic ring is 1. The molecule has 0 radical (unpaired) electrons. The van der Waals surface area contributed by atoms with Crippen molar-refractivity contribution in [2.75, 3.05) is 11.1 Å². The molecule has 0 amide bonds. The van der Waals surface area contributed by atoms with E-state index in [2.05, 4.69) is 31.9 Å². The molecule has 5 heteroatoms. The first-order valence-corrected chi connectivity index (χ1v) is 5.69. The summed E-state index contributed by atoms with van der Waals surface area (Å²) in [5, 5.41) is 0.715. The minimum Gasteiger partial charge on any atom is -0.397 e. The van der Waals surface area contributed by atoms with E-state index in [4.69, 9.17) is 17.3 Å². The number of benzene rings is 1. The van der Waals surface area contributed by atoms with Gasteiger partial charge in [-0.1, -0.05) is 27.5 Å². The highest BCUT2D eigenvalue weighted by atomic mass is 79.9. The van der Waals surface area contributed by atoms with E-state index in [-0.39, 0.29) is 11.1 Å². The first-order chi connectivity index (χ1) is 6.06. The number of carbonyl (C=O) groups is 1. The summed E-state index contributed by atoms with van der Waals surface area (Å²) in [5.74, 6) is -0.0240. The lowest BCUT2D eigenvalue weighted by Gasteiger charge is -2.03. The smallest absolute Gasteiger partial charge is 0.173 e. The van der Waals surface area contributed by atoms with Crippen molar-refractivity contribution in [1.82, 2.24) is 0 Å². The highest BCUT2D eigenvalue weighted by molar-refractivity contribution is 9.10. The van der Waals surface area contributed by atoms with Crippen molar-refractivity contribution in [2.24, 2.45) is 0 Å². The van der Waals surface area contributed by atoms with E-state index < -0.39 is 0 Å². The first kappa shape index (κ1) is 11.0. The van der Waals surface area contributed by atoms with Crippen LogP contribution in [0.1, 0.15) is 10.4 Å². The Bertz CT molecular complexity index is 331. The van der Waals surface area contributed by atoms with Crippen molar-refractivity contribution >= 4 is 54.9 Å². The predicted octanol–water partition coefficient (Wildman–Crippen LogP) is 3.26. The molecule has 1 aromatic rings. The summed E-state index contributed by atoms with van der Waals surface area (Å²) in [6.07, 6.45) is 0. The fraction of sp³-hybridized carbons (Fsp3) is 0.125. The van der Waals surface area contributed by atoms with Gasteiger partial charge in [0.05, 0.1) is 16.0 Å². The highest BCUT2D eigenvalue weighted by Gasteiger charge is 2.09. The Kier molecular flexibility index (Phi) is 3.76. The quantitative estimate of drug-likeness (QED) is 0.515. The largest absolute Gasteiger partial charge is 0.397 e. The summed E-state index contributed by atoms with van der Waals surface area (Å²) in [4.78, 5) is 11.3. The van der Waals surface area contributed by atoms with Crippen LogP contribution in [0.15, 0.2) is 16.6 Å². The molecule has 0 saturated carbocycles. The standard InChI is InChI=1S/C8H6Br2ClNO/c9-3-7(13)4-1-5(10)8(11)6(12)2-4/h1-2H,3,12H2. The predicted molar refractivity (Wildman–Crippen MR) is 61.7 cm³/mol. The van der Waals surface area contributed by atoms with Crippen molar-refractivity contribution in [3.8, 4) is 0 Å². The molecule has 0 bridgehead atoms. The van der Waals surface area contributed by atoms with Crippen LogP contribution < -0.4 is 5.73 Å². The molecular formula is C8H6Br2ClNO. The van der Waals surface area contributed by atoms with Gasteiger partial charge in [-0.05, 0) is 28.1 Å². The third-order valence-corrected chi connectivity index (χ3v) is 3.28. The van der Waals surface area contributed by atoms with Gasteiger partial charge >= 0.3 is 0 Å². The van der Waals surface area contributed by atoms with E-state index in [1.165, 1.54) is 0 Å². The van der Waals surface area contributed by atoms with Crippen LogP contribution in [-0.4, -0.2) is 11.1 Å². The molecule has 0 saturated heterocycles. The molecule has 70 valence electrons. The van der Waals surface area contributed by atoms with Gasteiger partial charge in [-0.25, -0.2) is 0 Å². The second kappa shape index (κ2) is 4.44. The van der Waals surface area contributed by atoms with Gasteiger partial charge in [0.25, 0.3) is 0 Å². The van der Waals surface area contributed by atoms with Crippen molar-refractivity contribution in [1.29, 1.82) is 0 Å². The zero-order valence-corrected chi connectivity index (χ0v) is 10.4. The fourth-order valence-electron chi connectivity index (χ4n) is 0.848. The first-order valence-electron chi connectivity index (χ1n) is 3.40. The van der Waals surface area contributed by atoms with Crippen LogP contribution in [0.2, 0.25) is 5.02 Å². The zero-order valence-electron chi connectivity index (χ0n) is 6.48. The molecule has 0 aliphatic carbocycles. The molecule has 0 aromatic heterocycles. The maximum Gasteiger partial charge on any atom is 0.173 e. The Hall–Kier alpha value is -0.0600. The van der Waals surface area contributed by atoms with Crippen molar-refractivity contribution in [3.05, 3.63) is 27.2 Å². The van der Waals surface area contributed by atoms with Crippen LogP contribution in [0.5, 0.6) is 0 Å². The number of anilines is 1. The molecule has 0 heterocycles. The van der Waals surface area contributed by atoms with Gasteiger partial charge in [0, 0.05) is 10.0 Å². The molecule has 1 rings (SSSR count). The molecule has 2 N–H and O–H groups in total. The molecule has 0 aliphatic heterocycles. The van der Waals surface area contributed by atoms with Gasteiger partial charge in [0.15, 0.2) is 5.78 Å². The Balaban J connectivity index is 3.20. The molecule has 0 atom stereocenters. The topological polar surface area (TPSA) is 43.1 Å². The average Bonchev–Trinajstić information content (AvgIpc) is 2.12.